The average molecular weight is 315 g/mol. The van der Waals surface area contributed by atoms with Crippen LogP contribution in [0.25, 0.3) is 0 Å². The number of nitrogens with zero attached hydrogens (tertiary/aromatic N) is 1. The van der Waals surface area contributed by atoms with E-state index >= 15 is 0 Å². The minimum Gasteiger partial charge on any atom is -0.310 e. The lowest BCUT2D eigenvalue weighted by molar-refractivity contribution is -0.116. The third kappa shape index (κ3) is 3.44. The zero-order chi connectivity index (χ0) is 14.7. The van der Waals surface area contributed by atoms with Gasteiger partial charge < -0.3 is 4.90 Å². The summed E-state index contributed by atoms with van der Waals surface area (Å²) in [7, 11) is 0. The number of aryl methyl sites for hydroxylation is 1. The molecule has 0 atom stereocenters. The molecule has 1 aliphatic rings. The van der Waals surface area contributed by atoms with Crippen molar-refractivity contribution in [3.05, 3.63) is 54.1 Å². The minimum absolute atomic E-state index is 0.188. The molecule has 0 spiro atoms. The van der Waals surface area contributed by atoms with Gasteiger partial charge in [-0.2, -0.15) is 0 Å². The molecule has 2 aromatic rings. The maximum absolute atomic E-state index is 12.5. The summed E-state index contributed by atoms with van der Waals surface area (Å²) in [5, 5.41) is 0. The summed E-state index contributed by atoms with van der Waals surface area (Å²) in [5.74, 6) is 1.65. The monoisotopic (exact) mass is 315 g/mol. The molecule has 0 aliphatic carbocycles. The van der Waals surface area contributed by atoms with Crippen molar-refractivity contribution in [1.29, 1.82) is 0 Å². The molecule has 1 aliphatic heterocycles. The smallest absolute Gasteiger partial charge is 0.237 e. The molecule has 4 heteroatoms. The first-order chi connectivity index (χ1) is 10.2. The van der Waals surface area contributed by atoms with Crippen LogP contribution in [0.4, 0.5) is 5.69 Å². The topological polar surface area (TPSA) is 20.3 Å². The molecule has 0 saturated heterocycles. The van der Waals surface area contributed by atoms with E-state index in [1.807, 2.05) is 34.9 Å². The summed E-state index contributed by atoms with van der Waals surface area (Å²) in [4.78, 5) is 16.8. The molecule has 0 bridgehead atoms. The summed E-state index contributed by atoms with van der Waals surface area (Å²) in [6, 6.07) is 16.5. The van der Waals surface area contributed by atoms with Crippen molar-refractivity contribution in [1.82, 2.24) is 0 Å². The van der Waals surface area contributed by atoms with Crippen LogP contribution in [0.1, 0.15) is 5.56 Å². The Morgan fingerprint density at radius 2 is 1.95 bits per heavy atom. The van der Waals surface area contributed by atoms with E-state index in [1.54, 1.807) is 11.8 Å². The number of carbonyl (C=O) groups is 1. The number of fused-ring (bicyclic) bond motifs is 1. The molecular weight excluding hydrogens is 298 g/mol. The van der Waals surface area contributed by atoms with E-state index in [1.165, 1.54) is 10.5 Å². The van der Waals surface area contributed by atoms with E-state index in [9.17, 15) is 4.79 Å². The second-order valence-corrected chi connectivity index (χ2v) is 7.15. The molecule has 0 fully saturated rings. The third-order valence-corrected chi connectivity index (χ3v) is 5.45. The maximum atomic E-state index is 12.5. The van der Waals surface area contributed by atoms with Gasteiger partial charge in [0.2, 0.25) is 5.91 Å². The molecular formula is C17H17NOS2. The predicted molar refractivity (Wildman–Crippen MR) is 91.4 cm³/mol. The molecule has 2 nitrogen and oxygen atoms in total. The summed E-state index contributed by atoms with van der Waals surface area (Å²) in [6.07, 6.45) is 0. The zero-order valence-electron chi connectivity index (χ0n) is 11.9. The summed E-state index contributed by atoms with van der Waals surface area (Å²) >= 11 is 3.43. The normalized spacial score (nSPS) is 13.9. The Balaban J connectivity index is 1.68. The Morgan fingerprint density at radius 3 is 2.76 bits per heavy atom. The van der Waals surface area contributed by atoms with Crippen molar-refractivity contribution in [3.8, 4) is 0 Å². The fourth-order valence-electron chi connectivity index (χ4n) is 2.29. The van der Waals surface area contributed by atoms with Crippen LogP contribution >= 0.6 is 23.5 Å². The second kappa shape index (κ2) is 6.58. The van der Waals surface area contributed by atoms with Gasteiger partial charge in [0, 0.05) is 22.1 Å². The Labute approximate surface area is 133 Å². The number of amides is 1. The van der Waals surface area contributed by atoms with E-state index in [0.717, 1.165) is 22.9 Å². The number of rotatable bonds is 3. The second-order valence-electron chi connectivity index (χ2n) is 4.96. The van der Waals surface area contributed by atoms with Gasteiger partial charge in [-0.3, -0.25) is 4.79 Å². The van der Waals surface area contributed by atoms with Gasteiger partial charge in [-0.15, -0.1) is 23.5 Å². The molecule has 1 amide bonds. The van der Waals surface area contributed by atoms with Crippen LogP contribution in [-0.2, 0) is 4.79 Å². The number of hydrogen-bond acceptors (Lipinski definition) is 3. The van der Waals surface area contributed by atoms with E-state index < -0.39 is 0 Å². The van der Waals surface area contributed by atoms with Gasteiger partial charge in [0.05, 0.1) is 11.4 Å². The quantitative estimate of drug-likeness (QED) is 0.791. The summed E-state index contributed by atoms with van der Waals surface area (Å²) in [6.45, 7) is 2.87. The highest BCUT2D eigenvalue weighted by molar-refractivity contribution is 8.00. The molecule has 3 rings (SSSR count). The number of anilines is 1. The fourth-order valence-corrected chi connectivity index (χ4v) is 4.06. The van der Waals surface area contributed by atoms with Crippen molar-refractivity contribution in [2.75, 3.05) is 23.0 Å². The van der Waals surface area contributed by atoms with Crippen LogP contribution in [0.5, 0.6) is 0 Å². The standard InChI is InChI=1S/C17H17NOS2/c1-13-6-8-14(9-7-13)21-12-17(19)18-10-11-20-16-5-3-2-4-15(16)18/h2-9H,10-12H2,1H3. The van der Waals surface area contributed by atoms with Crippen LogP contribution in [0.3, 0.4) is 0 Å². The average Bonchev–Trinajstić information content (AvgIpc) is 2.53. The molecule has 2 aromatic carbocycles. The Bertz CT molecular complexity index is 639. The van der Waals surface area contributed by atoms with Crippen molar-refractivity contribution < 1.29 is 4.79 Å². The highest BCUT2D eigenvalue weighted by Crippen LogP contribution is 2.34. The maximum Gasteiger partial charge on any atom is 0.237 e. The van der Waals surface area contributed by atoms with Crippen LogP contribution in [0, 0.1) is 6.92 Å². The van der Waals surface area contributed by atoms with Gasteiger partial charge in [0.1, 0.15) is 0 Å². The van der Waals surface area contributed by atoms with E-state index in [-0.39, 0.29) is 5.91 Å². The van der Waals surface area contributed by atoms with Crippen LogP contribution in [0.2, 0.25) is 0 Å². The highest BCUT2D eigenvalue weighted by Gasteiger charge is 2.22. The first kappa shape index (κ1) is 14.5. The predicted octanol–water partition coefficient (Wildman–Crippen LogP) is 4.23. The van der Waals surface area contributed by atoms with Gasteiger partial charge in [-0.1, -0.05) is 29.8 Å². The molecule has 0 saturated carbocycles. The van der Waals surface area contributed by atoms with E-state index in [0.29, 0.717) is 5.75 Å². The zero-order valence-corrected chi connectivity index (χ0v) is 13.5. The summed E-state index contributed by atoms with van der Waals surface area (Å²) < 4.78 is 0. The third-order valence-electron chi connectivity index (χ3n) is 3.41. The minimum atomic E-state index is 0.188. The van der Waals surface area contributed by atoms with Gasteiger partial charge in [0.25, 0.3) is 0 Å². The SMILES string of the molecule is Cc1ccc(SCC(=O)N2CCSc3ccccc32)cc1. The lowest BCUT2D eigenvalue weighted by Gasteiger charge is -2.28. The Hall–Kier alpha value is -1.39. The lowest BCUT2D eigenvalue weighted by Crippen LogP contribution is -2.36. The Kier molecular flexibility index (Phi) is 4.56. The number of para-hydroxylation sites is 1. The molecule has 21 heavy (non-hydrogen) atoms. The largest absolute Gasteiger partial charge is 0.310 e. The summed E-state index contributed by atoms with van der Waals surface area (Å²) in [5.41, 5.74) is 2.30. The molecule has 108 valence electrons. The van der Waals surface area contributed by atoms with E-state index in [4.69, 9.17) is 0 Å². The number of carbonyl (C=O) groups excluding carboxylic acids is 1. The van der Waals surface area contributed by atoms with Gasteiger partial charge in [-0.25, -0.2) is 0 Å². The fraction of sp³-hybridized carbons (Fsp3) is 0.235. The van der Waals surface area contributed by atoms with Crippen LogP contribution in [-0.4, -0.2) is 24.0 Å². The van der Waals surface area contributed by atoms with Gasteiger partial charge in [-0.05, 0) is 31.2 Å². The van der Waals surface area contributed by atoms with Crippen LogP contribution < -0.4 is 4.90 Å². The molecule has 0 aromatic heterocycles. The first-order valence-electron chi connectivity index (χ1n) is 6.96. The van der Waals surface area contributed by atoms with Crippen LogP contribution in [0.15, 0.2) is 58.3 Å². The van der Waals surface area contributed by atoms with E-state index in [2.05, 4.69) is 37.3 Å². The Morgan fingerprint density at radius 1 is 1.19 bits per heavy atom. The number of benzene rings is 2. The van der Waals surface area contributed by atoms with Crippen molar-refractivity contribution in [3.63, 3.8) is 0 Å². The first-order valence-corrected chi connectivity index (χ1v) is 8.93. The van der Waals surface area contributed by atoms with Crippen molar-refractivity contribution >= 4 is 35.1 Å². The molecule has 0 N–H and O–H groups in total. The van der Waals surface area contributed by atoms with Gasteiger partial charge >= 0.3 is 0 Å². The van der Waals surface area contributed by atoms with Crippen molar-refractivity contribution in [2.24, 2.45) is 0 Å². The molecule has 0 unspecified atom stereocenters. The van der Waals surface area contributed by atoms with Crippen molar-refractivity contribution in [2.45, 2.75) is 16.7 Å². The molecule has 1 heterocycles. The number of hydrogen-bond donors (Lipinski definition) is 0. The lowest BCUT2D eigenvalue weighted by atomic mass is 10.2. The highest BCUT2D eigenvalue weighted by atomic mass is 32.2. The van der Waals surface area contributed by atoms with Gasteiger partial charge in [0.15, 0.2) is 0 Å². The number of thioether (sulfide) groups is 2. The molecule has 0 radical (unpaired) electrons.